The summed E-state index contributed by atoms with van der Waals surface area (Å²) >= 11 is 0. The minimum atomic E-state index is -0.229. The van der Waals surface area contributed by atoms with Crippen LogP contribution in [0.2, 0.25) is 0 Å². The molecule has 1 aliphatic heterocycles. The number of piperidine rings is 1. The minimum Gasteiger partial charge on any atom is -0.339 e. The van der Waals surface area contributed by atoms with Gasteiger partial charge in [0, 0.05) is 25.1 Å². The Kier molecular flexibility index (Phi) is 5.42. The molecule has 2 heterocycles. The maximum atomic E-state index is 12.5. The molecule has 0 aliphatic carbocycles. The summed E-state index contributed by atoms with van der Waals surface area (Å²) in [5.41, 5.74) is 2.73. The fourth-order valence-electron chi connectivity index (χ4n) is 3.72. The van der Waals surface area contributed by atoms with Crippen LogP contribution < -0.4 is 5.69 Å². The van der Waals surface area contributed by atoms with E-state index in [-0.39, 0.29) is 17.5 Å². The van der Waals surface area contributed by atoms with Gasteiger partial charge in [-0.05, 0) is 43.5 Å². The van der Waals surface area contributed by atoms with Crippen molar-refractivity contribution in [3.63, 3.8) is 0 Å². The van der Waals surface area contributed by atoms with Crippen molar-refractivity contribution < 1.29 is 4.79 Å². The molecule has 29 heavy (non-hydrogen) atoms. The third kappa shape index (κ3) is 4.21. The molecule has 1 amide bonds. The van der Waals surface area contributed by atoms with Gasteiger partial charge in [0.05, 0.1) is 5.69 Å². The summed E-state index contributed by atoms with van der Waals surface area (Å²) in [5, 5.41) is 6.88. The molecular formula is C23H24N4O2. The number of carbonyl (C=O) groups is 1. The molecule has 1 N–H and O–H groups in total. The first-order valence-corrected chi connectivity index (χ1v) is 9.88. The van der Waals surface area contributed by atoms with Gasteiger partial charge in [-0.15, -0.1) is 0 Å². The van der Waals surface area contributed by atoms with Gasteiger partial charge in [-0.1, -0.05) is 48.0 Å². The molecule has 2 aromatic carbocycles. The van der Waals surface area contributed by atoms with E-state index in [1.54, 1.807) is 10.6 Å². The number of nitrogens with zero attached hydrogens (tertiary/aromatic N) is 3. The largest absolute Gasteiger partial charge is 0.347 e. The standard InChI is InChI=1S/C23H24N4O2/c1-17-7-10-20(11-8-17)27-22(24-25-23(27)29)19-13-15-26(16-14-19)21(28)12-9-18-5-3-2-4-6-18/h2-12,19H,13-16H2,1H3,(H,25,29)/b12-9-. The molecular weight excluding hydrogens is 364 g/mol. The molecule has 148 valence electrons. The highest BCUT2D eigenvalue weighted by Gasteiger charge is 2.27. The van der Waals surface area contributed by atoms with Crippen molar-refractivity contribution in [1.29, 1.82) is 0 Å². The van der Waals surface area contributed by atoms with Gasteiger partial charge < -0.3 is 4.90 Å². The summed E-state index contributed by atoms with van der Waals surface area (Å²) in [4.78, 5) is 26.7. The molecule has 3 aromatic rings. The third-order valence-electron chi connectivity index (χ3n) is 5.38. The lowest BCUT2D eigenvalue weighted by molar-refractivity contribution is -0.127. The van der Waals surface area contributed by atoms with Crippen LogP contribution in [0.15, 0.2) is 65.5 Å². The SMILES string of the molecule is Cc1ccc(-n2c(C3CCN(C(=O)/C=C\c4ccccc4)CC3)n[nH]c2=O)cc1. The topological polar surface area (TPSA) is 71.0 Å². The number of nitrogens with one attached hydrogen (secondary N) is 1. The molecule has 0 spiro atoms. The molecule has 0 radical (unpaired) electrons. The van der Waals surface area contributed by atoms with Crippen LogP contribution in [0.3, 0.4) is 0 Å². The van der Waals surface area contributed by atoms with Crippen molar-refractivity contribution in [2.24, 2.45) is 0 Å². The molecule has 0 unspecified atom stereocenters. The third-order valence-corrected chi connectivity index (χ3v) is 5.38. The van der Waals surface area contributed by atoms with E-state index in [0.717, 1.165) is 35.5 Å². The van der Waals surface area contributed by atoms with Crippen LogP contribution in [-0.2, 0) is 4.79 Å². The number of H-pyrrole nitrogens is 1. The fraction of sp³-hybridized carbons (Fsp3) is 0.261. The van der Waals surface area contributed by atoms with Gasteiger partial charge in [0.2, 0.25) is 5.91 Å². The van der Waals surface area contributed by atoms with Crippen LogP contribution in [0.1, 0.15) is 35.7 Å². The van der Waals surface area contributed by atoms with Gasteiger partial charge in [-0.3, -0.25) is 4.79 Å². The van der Waals surface area contributed by atoms with Gasteiger partial charge in [-0.25, -0.2) is 14.5 Å². The second kappa shape index (κ2) is 8.31. The summed E-state index contributed by atoms with van der Waals surface area (Å²) in [6.07, 6.45) is 5.03. The van der Waals surface area contributed by atoms with E-state index < -0.39 is 0 Å². The summed E-state index contributed by atoms with van der Waals surface area (Å²) in [5.74, 6) is 0.897. The highest BCUT2D eigenvalue weighted by atomic mass is 16.2. The van der Waals surface area contributed by atoms with Crippen molar-refractivity contribution in [3.05, 3.63) is 88.1 Å². The normalized spacial score (nSPS) is 15.1. The Hall–Kier alpha value is -3.41. The Morgan fingerprint density at radius 2 is 1.76 bits per heavy atom. The van der Waals surface area contributed by atoms with Gasteiger partial charge in [0.15, 0.2) is 0 Å². The van der Waals surface area contributed by atoms with Gasteiger partial charge >= 0.3 is 5.69 Å². The zero-order valence-corrected chi connectivity index (χ0v) is 16.4. The number of likely N-dealkylation sites (tertiary alicyclic amines) is 1. The molecule has 1 aromatic heterocycles. The zero-order valence-electron chi connectivity index (χ0n) is 16.4. The lowest BCUT2D eigenvalue weighted by Crippen LogP contribution is -2.37. The van der Waals surface area contributed by atoms with E-state index in [1.165, 1.54) is 0 Å². The average Bonchev–Trinajstić information content (AvgIpc) is 3.15. The Morgan fingerprint density at radius 1 is 1.07 bits per heavy atom. The Labute approximate surface area is 169 Å². The van der Waals surface area contributed by atoms with Gasteiger partial charge in [0.25, 0.3) is 0 Å². The van der Waals surface area contributed by atoms with Crippen LogP contribution in [-0.4, -0.2) is 38.7 Å². The lowest BCUT2D eigenvalue weighted by atomic mass is 9.95. The van der Waals surface area contributed by atoms with E-state index in [1.807, 2.05) is 72.5 Å². The Bertz CT molecular complexity index is 1060. The summed E-state index contributed by atoms with van der Waals surface area (Å²) in [6.45, 7) is 3.32. The Morgan fingerprint density at radius 3 is 2.45 bits per heavy atom. The lowest BCUT2D eigenvalue weighted by Gasteiger charge is -2.30. The van der Waals surface area contributed by atoms with E-state index >= 15 is 0 Å². The number of aromatic amines is 1. The summed E-state index contributed by atoms with van der Waals surface area (Å²) in [6, 6.07) is 17.6. The number of aromatic nitrogens is 3. The van der Waals surface area contributed by atoms with E-state index in [9.17, 15) is 9.59 Å². The number of amides is 1. The minimum absolute atomic E-state index is 0.0188. The quantitative estimate of drug-likeness (QED) is 0.697. The average molecular weight is 388 g/mol. The van der Waals surface area contributed by atoms with Crippen molar-refractivity contribution in [3.8, 4) is 5.69 Å². The van der Waals surface area contributed by atoms with Crippen molar-refractivity contribution in [1.82, 2.24) is 19.7 Å². The van der Waals surface area contributed by atoms with Gasteiger partial charge in [0.1, 0.15) is 5.82 Å². The maximum Gasteiger partial charge on any atom is 0.347 e. The first-order chi connectivity index (χ1) is 14.1. The highest BCUT2D eigenvalue weighted by molar-refractivity contribution is 5.91. The van der Waals surface area contributed by atoms with Gasteiger partial charge in [-0.2, -0.15) is 5.10 Å². The first-order valence-electron chi connectivity index (χ1n) is 9.88. The molecule has 1 aliphatic rings. The van der Waals surface area contributed by atoms with Crippen LogP contribution in [0.5, 0.6) is 0 Å². The number of aryl methyl sites for hydroxylation is 1. The first kappa shape index (κ1) is 18.9. The van der Waals surface area contributed by atoms with E-state index in [0.29, 0.717) is 13.1 Å². The van der Waals surface area contributed by atoms with E-state index in [2.05, 4.69) is 10.2 Å². The number of hydrogen-bond donors (Lipinski definition) is 1. The van der Waals surface area contributed by atoms with Crippen LogP contribution >= 0.6 is 0 Å². The predicted molar refractivity (Wildman–Crippen MR) is 113 cm³/mol. The van der Waals surface area contributed by atoms with E-state index in [4.69, 9.17) is 0 Å². The number of carbonyl (C=O) groups excluding carboxylic acids is 1. The highest BCUT2D eigenvalue weighted by Crippen LogP contribution is 2.27. The summed E-state index contributed by atoms with van der Waals surface area (Å²) < 4.78 is 1.65. The smallest absolute Gasteiger partial charge is 0.339 e. The Balaban J connectivity index is 1.44. The number of rotatable bonds is 4. The number of benzene rings is 2. The van der Waals surface area contributed by atoms with Crippen LogP contribution in [0.25, 0.3) is 11.8 Å². The fourth-order valence-corrected chi connectivity index (χ4v) is 3.72. The molecule has 1 saturated heterocycles. The second-order valence-electron chi connectivity index (χ2n) is 7.40. The monoisotopic (exact) mass is 388 g/mol. The molecule has 6 nitrogen and oxygen atoms in total. The van der Waals surface area contributed by atoms with Crippen LogP contribution in [0.4, 0.5) is 0 Å². The molecule has 1 fully saturated rings. The molecule has 6 heteroatoms. The molecule has 0 atom stereocenters. The van der Waals surface area contributed by atoms with Crippen LogP contribution in [0, 0.1) is 6.92 Å². The molecule has 0 saturated carbocycles. The van der Waals surface area contributed by atoms with Crippen molar-refractivity contribution in [2.45, 2.75) is 25.7 Å². The maximum absolute atomic E-state index is 12.5. The predicted octanol–water partition coefficient (Wildman–Crippen LogP) is 3.29. The summed E-state index contributed by atoms with van der Waals surface area (Å²) in [7, 11) is 0. The van der Waals surface area contributed by atoms with Crippen molar-refractivity contribution >= 4 is 12.0 Å². The zero-order chi connectivity index (χ0) is 20.2. The second-order valence-corrected chi connectivity index (χ2v) is 7.40. The van der Waals surface area contributed by atoms with Crippen molar-refractivity contribution in [2.75, 3.05) is 13.1 Å². The molecule has 0 bridgehead atoms. The molecule has 4 rings (SSSR count). The number of hydrogen-bond acceptors (Lipinski definition) is 3.